The van der Waals surface area contributed by atoms with Gasteiger partial charge in [0, 0.05) is 24.4 Å². The van der Waals surface area contributed by atoms with E-state index < -0.39 is 0 Å². The van der Waals surface area contributed by atoms with Crippen molar-refractivity contribution >= 4 is 5.91 Å². The van der Waals surface area contributed by atoms with Crippen LogP contribution in [0.1, 0.15) is 46.2 Å². The van der Waals surface area contributed by atoms with Gasteiger partial charge in [-0.05, 0) is 45.4 Å². The molecule has 0 fully saturated rings. The quantitative estimate of drug-likeness (QED) is 0.683. The van der Waals surface area contributed by atoms with Gasteiger partial charge in [0.15, 0.2) is 17.3 Å². The molecule has 0 spiro atoms. The first kappa shape index (κ1) is 21.4. The van der Waals surface area contributed by atoms with Crippen molar-refractivity contribution in [1.82, 2.24) is 20.5 Å². The van der Waals surface area contributed by atoms with Crippen molar-refractivity contribution in [1.29, 1.82) is 0 Å². The summed E-state index contributed by atoms with van der Waals surface area (Å²) in [6.45, 7) is 7.79. The van der Waals surface area contributed by atoms with E-state index in [4.69, 9.17) is 9.47 Å². The van der Waals surface area contributed by atoms with Gasteiger partial charge >= 0.3 is 0 Å². The first-order valence-corrected chi connectivity index (χ1v) is 9.44. The molecule has 8 nitrogen and oxygen atoms in total. The zero-order chi connectivity index (χ0) is 20.7. The number of aryl methyl sites for hydroxylation is 1. The second-order valence-electron chi connectivity index (χ2n) is 6.87. The monoisotopic (exact) mass is 388 g/mol. The number of aromatic nitrogens is 3. The van der Waals surface area contributed by atoms with Crippen LogP contribution < -0.4 is 20.3 Å². The van der Waals surface area contributed by atoms with E-state index in [1.807, 2.05) is 27.7 Å². The van der Waals surface area contributed by atoms with Gasteiger partial charge in [0.25, 0.3) is 5.56 Å². The Balaban J connectivity index is 2.16. The molecule has 2 N–H and O–H groups in total. The molecule has 0 aliphatic heterocycles. The molecular formula is C20H28N4O4. The van der Waals surface area contributed by atoms with Crippen molar-refractivity contribution in [3.8, 4) is 22.9 Å². The molecule has 0 saturated carbocycles. The Labute approximate surface area is 164 Å². The average molecular weight is 388 g/mol. The maximum absolute atomic E-state index is 12.3. The van der Waals surface area contributed by atoms with Crippen molar-refractivity contribution in [2.24, 2.45) is 0 Å². The van der Waals surface area contributed by atoms with Crippen LogP contribution in [0, 0.1) is 0 Å². The standard InChI is InChI=1S/C20H28N4O4/c1-6-13(4)28-16-9-7-14(11-17(16)27-5)19-22-20(26)15(23-24-19)8-10-18(25)21-12(2)3/h7,9,11-13H,6,8,10H2,1-5H3,(H,21,25)(H,22,24,26). The molecule has 152 valence electrons. The zero-order valence-corrected chi connectivity index (χ0v) is 17.0. The molecular weight excluding hydrogens is 360 g/mol. The number of H-pyrrole nitrogens is 1. The summed E-state index contributed by atoms with van der Waals surface area (Å²) in [5.41, 5.74) is 0.523. The third kappa shape index (κ3) is 5.80. The number of hydrogen-bond donors (Lipinski definition) is 2. The number of hydrogen-bond acceptors (Lipinski definition) is 6. The number of amides is 1. The van der Waals surface area contributed by atoms with E-state index in [0.717, 1.165) is 6.42 Å². The van der Waals surface area contributed by atoms with Gasteiger partial charge in [-0.3, -0.25) is 9.59 Å². The van der Waals surface area contributed by atoms with Crippen LogP contribution in [0.3, 0.4) is 0 Å². The minimum atomic E-state index is -0.360. The van der Waals surface area contributed by atoms with Gasteiger partial charge in [-0.25, -0.2) is 0 Å². The number of aromatic amines is 1. The topological polar surface area (TPSA) is 106 Å². The summed E-state index contributed by atoms with van der Waals surface area (Å²) in [7, 11) is 1.56. The van der Waals surface area contributed by atoms with E-state index in [1.54, 1.807) is 25.3 Å². The van der Waals surface area contributed by atoms with Crippen molar-refractivity contribution in [2.45, 2.75) is 59.1 Å². The lowest BCUT2D eigenvalue weighted by atomic mass is 10.2. The molecule has 0 aliphatic rings. The number of carbonyl (C=O) groups excluding carboxylic acids is 1. The minimum absolute atomic E-state index is 0.0569. The van der Waals surface area contributed by atoms with E-state index in [-0.39, 0.29) is 42.1 Å². The third-order valence-electron chi connectivity index (χ3n) is 4.14. The lowest BCUT2D eigenvalue weighted by Gasteiger charge is -2.16. The van der Waals surface area contributed by atoms with Crippen LogP contribution in [0.5, 0.6) is 11.5 Å². The van der Waals surface area contributed by atoms with Crippen LogP contribution >= 0.6 is 0 Å². The third-order valence-corrected chi connectivity index (χ3v) is 4.14. The van der Waals surface area contributed by atoms with Crippen LogP contribution in [0.15, 0.2) is 23.0 Å². The van der Waals surface area contributed by atoms with Crippen molar-refractivity contribution in [3.05, 3.63) is 34.2 Å². The van der Waals surface area contributed by atoms with E-state index in [2.05, 4.69) is 20.5 Å². The summed E-state index contributed by atoms with van der Waals surface area (Å²) >= 11 is 0. The lowest BCUT2D eigenvalue weighted by molar-refractivity contribution is -0.121. The van der Waals surface area contributed by atoms with Crippen molar-refractivity contribution in [3.63, 3.8) is 0 Å². The molecule has 0 aliphatic carbocycles. The predicted molar refractivity (Wildman–Crippen MR) is 107 cm³/mol. The number of rotatable bonds is 9. The van der Waals surface area contributed by atoms with Gasteiger partial charge < -0.3 is 19.8 Å². The minimum Gasteiger partial charge on any atom is -0.493 e. The number of methoxy groups -OCH3 is 1. The van der Waals surface area contributed by atoms with Crippen molar-refractivity contribution in [2.75, 3.05) is 7.11 Å². The maximum Gasteiger partial charge on any atom is 0.273 e. The number of ether oxygens (including phenoxy) is 2. The summed E-state index contributed by atoms with van der Waals surface area (Å²) < 4.78 is 11.2. The van der Waals surface area contributed by atoms with E-state index in [9.17, 15) is 9.59 Å². The van der Waals surface area contributed by atoms with Gasteiger partial charge in [0.2, 0.25) is 5.91 Å². The predicted octanol–water partition coefficient (Wildman–Crippen LogP) is 2.48. The van der Waals surface area contributed by atoms with Gasteiger partial charge in [-0.15, -0.1) is 10.2 Å². The highest BCUT2D eigenvalue weighted by molar-refractivity contribution is 5.76. The fraction of sp³-hybridized carbons (Fsp3) is 0.500. The van der Waals surface area contributed by atoms with Crippen LogP contribution in [0.2, 0.25) is 0 Å². The summed E-state index contributed by atoms with van der Waals surface area (Å²) in [4.78, 5) is 26.8. The van der Waals surface area contributed by atoms with Gasteiger partial charge in [-0.2, -0.15) is 0 Å². The highest BCUT2D eigenvalue weighted by Crippen LogP contribution is 2.32. The zero-order valence-electron chi connectivity index (χ0n) is 17.0. The molecule has 28 heavy (non-hydrogen) atoms. The molecule has 1 heterocycles. The Morgan fingerprint density at radius 3 is 2.57 bits per heavy atom. The first-order valence-electron chi connectivity index (χ1n) is 9.44. The van der Waals surface area contributed by atoms with Crippen molar-refractivity contribution < 1.29 is 14.3 Å². The van der Waals surface area contributed by atoms with E-state index >= 15 is 0 Å². The Bertz CT molecular complexity index is 864. The normalized spacial score (nSPS) is 11.9. The summed E-state index contributed by atoms with van der Waals surface area (Å²) in [6.07, 6.45) is 1.35. The molecule has 0 radical (unpaired) electrons. The lowest BCUT2D eigenvalue weighted by Crippen LogP contribution is -2.31. The van der Waals surface area contributed by atoms with E-state index in [0.29, 0.717) is 22.9 Å². The molecule has 8 heteroatoms. The maximum atomic E-state index is 12.3. The van der Waals surface area contributed by atoms with Crippen LogP contribution in [-0.4, -0.2) is 40.3 Å². The molecule has 2 rings (SSSR count). The van der Waals surface area contributed by atoms with Gasteiger partial charge in [0.1, 0.15) is 5.69 Å². The molecule has 1 aromatic carbocycles. The van der Waals surface area contributed by atoms with Crippen LogP contribution in [0.25, 0.3) is 11.4 Å². The molecule has 1 atom stereocenters. The smallest absolute Gasteiger partial charge is 0.273 e. The number of carbonyl (C=O) groups is 1. The Kier molecular flexibility index (Phi) is 7.54. The number of benzene rings is 1. The van der Waals surface area contributed by atoms with Gasteiger partial charge in [0.05, 0.1) is 13.2 Å². The highest BCUT2D eigenvalue weighted by atomic mass is 16.5. The average Bonchev–Trinajstić information content (AvgIpc) is 2.66. The van der Waals surface area contributed by atoms with E-state index in [1.165, 1.54) is 0 Å². The fourth-order valence-corrected chi connectivity index (χ4v) is 2.49. The van der Waals surface area contributed by atoms with Crippen LogP contribution in [0.4, 0.5) is 0 Å². The largest absolute Gasteiger partial charge is 0.493 e. The van der Waals surface area contributed by atoms with Crippen LogP contribution in [-0.2, 0) is 11.2 Å². The van der Waals surface area contributed by atoms with Gasteiger partial charge in [-0.1, -0.05) is 6.92 Å². The molecule has 1 unspecified atom stereocenters. The second kappa shape index (κ2) is 9.87. The SMILES string of the molecule is CCC(C)Oc1ccc(-c2nnc(CCC(=O)NC(C)C)c(=O)[nH]2)cc1OC. The fourth-order valence-electron chi connectivity index (χ4n) is 2.49. The second-order valence-corrected chi connectivity index (χ2v) is 6.87. The summed E-state index contributed by atoms with van der Waals surface area (Å²) in [6, 6.07) is 5.37. The molecule has 0 bridgehead atoms. The Morgan fingerprint density at radius 1 is 1.21 bits per heavy atom. The number of nitrogens with one attached hydrogen (secondary N) is 2. The molecule has 0 saturated heterocycles. The number of nitrogens with zero attached hydrogens (tertiary/aromatic N) is 2. The first-order chi connectivity index (χ1) is 13.3. The highest BCUT2D eigenvalue weighted by Gasteiger charge is 2.13. The Morgan fingerprint density at radius 2 is 1.96 bits per heavy atom. The molecule has 1 amide bonds. The molecule has 2 aromatic rings. The Hall–Kier alpha value is -2.90. The summed E-state index contributed by atoms with van der Waals surface area (Å²) in [5.74, 6) is 1.38. The summed E-state index contributed by atoms with van der Waals surface area (Å²) in [5, 5.41) is 10.9. The molecule has 1 aromatic heterocycles.